The van der Waals surface area contributed by atoms with E-state index in [0.717, 1.165) is 36.0 Å². The summed E-state index contributed by atoms with van der Waals surface area (Å²) in [4.78, 5) is 10.6. The third-order valence-corrected chi connectivity index (χ3v) is 4.29. The summed E-state index contributed by atoms with van der Waals surface area (Å²) in [5, 5.41) is 3.42. The van der Waals surface area contributed by atoms with Gasteiger partial charge in [0.05, 0.1) is 14.2 Å². The summed E-state index contributed by atoms with van der Waals surface area (Å²) in [6.07, 6.45) is 4.65. The number of aromatic nitrogens is 1. The molecule has 1 heterocycles. The number of ether oxygens (including phenoxy) is 2. The number of nitrogens with zero attached hydrogens (tertiary/aromatic N) is 3. The van der Waals surface area contributed by atoms with Gasteiger partial charge < -0.3 is 19.7 Å². The van der Waals surface area contributed by atoms with E-state index in [4.69, 9.17) is 9.47 Å². The van der Waals surface area contributed by atoms with Crippen molar-refractivity contribution in [1.82, 2.24) is 15.2 Å². The Labute approximate surface area is 179 Å². The van der Waals surface area contributed by atoms with Crippen LogP contribution < -0.4 is 14.8 Å². The number of nitrogens with one attached hydrogen (secondary N) is 1. The second kappa shape index (κ2) is 11.6. The summed E-state index contributed by atoms with van der Waals surface area (Å²) in [5.41, 5.74) is 3.58. The molecule has 2 aromatic rings. The summed E-state index contributed by atoms with van der Waals surface area (Å²) < 4.78 is 10.7. The normalized spacial score (nSPS) is 10.8. The monoisotopic (exact) mass is 484 g/mol. The number of hydrogen-bond acceptors (Lipinski definition) is 4. The van der Waals surface area contributed by atoms with E-state index in [9.17, 15) is 0 Å². The Morgan fingerprint density at radius 1 is 1.19 bits per heavy atom. The molecule has 2 rings (SSSR count). The molecule has 0 saturated carbocycles. The van der Waals surface area contributed by atoms with Crippen molar-refractivity contribution in [3.05, 3.63) is 53.3 Å². The first-order chi connectivity index (χ1) is 12.6. The van der Waals surface area contributed by atoms with Gasteiger partial charge in [-0.2, -0.15) is 0 Å². The Balaban J connectivity index is 0.00000364. The number of rotatable bonds is 7. The van der Waals surface area contributed by atoms with E-state index in [2.05, 4.69) is 33.2 Å². The zero-order chi connectivity index (χ0) is 18.9. The summed E-state index contributed by atoms with van der Waals surface area (Å²) in [7, 11) is 7.12. The van der Waals surface area contributed by atoms with E-state index < -0.39 is 0 Å². The molecule has 0 unspecified atom stereocenters. The third kappa shape index (κ3) is 6.57. The van der Waals surface area contributed by atoms with E-state index in [-0.39, 0.29) is 24.0 Å². The summed E-state index contributed by atoms with van der Waals surface area (Å²) in [6, 6.07) is 7.91. The predicted molar refractivity (Wildman–Crippen MR) is 120 cm³/mol. The van der Waals surface area contributed by atoms with Crippen molar-refractivity contribution in [3.8, 4) is 11.5 Å². The van der Waals surface area contributed by atoms with Crippen LogP contribution in [0.1, 0.15) is 16.7 Å². The fourth-order valence-electron chi connectivity index (χ4n) is 2.79. The number of guanidine groups is 1. The van der Waals surface area contributed by atoms with Gasteiger partial charge in [-0.3, -0.25) is 9.98 Å². The molecule has 0 aliphatic heterocycles. The van der Waals surface area contributed by atoms with E-state index in [1.807, 2.05) is 37.6 Å². The quantitative estimate of drug-likeness (QED) is 0.372. The van der Waals surface area contributed by atoms with Crippen LogP contribution in [0.4, 0.5) is 0 Å². The van der Waals surface area contributed by atoms with Crippen molar-refractivity contribution in [1.29, 1.82) is 0 Å². The first-order valence-corrected chi connectivity index (χ1v) is 8.61. The Bertz CT molecular complexity index is 753. The van der Waals surface area contributed by atoms with Crippen LogP contribution in [0.3, 0.4) is 0 Å². The van der Waals surface area contributed by atoms with E-state index in [1.165, 1.54) is 11.1 Å². The maximum Gasteiger partial charge on any atom is 0.193 e. The number of benzene rings is 1. The molecule has 0 aliphatic carbocycles. The lowest BCUT2D eigenvalue weighted by atomic mass is 10.1. The van der Waals surface area contributed by atoms with Gasteiger partial charge in [-0.15, -0.1) is 24.0 Å². The molecular formula is C20H29IN4O2. The minimum absolute atomic E-state index is 0. The summed E-state index contributed by atoms with van der Waals surface area (Å²) >= 11 is 0. The van der Waals surface area contributed by atoms with E-state index in [1.54, 1.807) is 21.3 Å². The molecule has 7 heteroatoms. The third-order valence-electron chi connectivity index (χ3n) is 4.29. The van der Waals surface area contributed by atoms with E-state index in [0.29, 0.717) is 6.54 Å². The van der Waals surface area contributed by atoms with Crippen molar-refractivity contribution < 1.29 is 9.47 Å². The van der Waals surface area contributed by atoms with Crippen LogP contribution >= 0.6 is 24.0 Å². The molecule has 1 aromatic carbocycles. The molecule has 0 radical (unpaired) electrons. The van der Waals surface area contributed by atoms with Crippen LogP contribution in [0.15, 0.2) is 41.7 Å². The number of aliphatic imine (C=N–C) groups is 1. The Morgan fingerprint density at radius 3 is 2.59 bits per heavy atom. The van der Waals surface area contributed by atoms with Crippen molar-refractivity contribution >= 4 is 29.9 Å². The van der Waals surface area contributed by atoms with Crippen molar-refractivity contribution in [2.24, 2.45) is 4.99 Å². The largest absolute Gasteiger partial charge is 0.497 e. The van der Waals surface area contributed by atoms with Crippen molar-refractivity contribution in [2.45, 2.75) is 19.9 Å². The van der Waals surface area contributed by atoms with Crippen LogP contribution in [0.25, 0.3) is 0 Å². The highest BCUT2D eigenvalue weighted by atomic mass is 127. The average Bonchev–Trinajstić information content (AvgIpc) is 2.66. The van der Waals surface area contributed by atoms with Crippen LogP contribution in [0.2, 0.25) is 0 Å². The molecule has 1 N–H and O–H groups in total. The molecule has 1 aromatic heterocycles. The number of halogens is 1. The van der Waals surface area contributed by atoms with Crippen LogP contribution in [0, 0.1) is 6.92 Å². The zero-order valence-corrected chi connectivity index (χ0v) is 19.0. The lowest BCUT2D eigenvalue weighted by Gasteiger charge is -2.23. The van der Waals surface area contributed by atoms with E-state index >= 15 is 0 Å². The number of methoxy groups -OCH3 is 2. The Morgan fingerprint density at radius 2 is 1.96 bits per heavy atom. The minimum atomic E-state index is 0. The minimum Gasteiger partial charge on any atom is -0.497 e. The molecule has 148 valence electrons. The van der Waals surface area contributed by atoms with Gasteiger partial charge in [0.1, 0.15) is 11.5 Å². The van der Waals surface area contributed by atoms with Gasteiger partial charge in [0.25, 0.3) is 0 Å². The first kappa shape index (κ1) is 23.0. The predicted octanol–water partition coefficient (Wildman–Crippen LogP) is 3.28. The molecule has 0 amide bonds. The first-order valence-electron chi connectivity index (χ1n) is 8.61. The highest BCUT2D eigenvalue weighted by Crippen LogP contribution is 2.25. The van der Waals surface area contributed by atoms with Crippen LogP contribution in [-0.2, 0) is 13.0 Å². The molecule has 0 atom stereocenters. The van der Waals surface area contributed by atoms with Crippen molar-refractivity contribution in [2.75, 3.05) is 34.9 Å². The maximum atomic E-state index is 5.48. The standard InChI is InChI=1S/C20H28N4O2.HI/c1-15-13-22-10-8-16(15)9-11-23-20(21-2)24(3)14-17-6-7-18(25-4)12-19(17)26-5;/h6-8,10,12-13H,9,11,14H2,1-5H3,(H,21,23);1H. The zero-order valence-electron chi connectivity index (χ0n) is 16.7. The second-order valence-electron chi connectivity index (χ2n) is 6.06. The number of pyridine rings is 1. The fourth-order valence-corrected chi connectivity index (χ4v) is 2.79. The maximum absolute atomic E-state index is 5.48. The van der Waals surface area contributed by atoms with Crippen LogP contribution in [-0.4, -0.2) is 50.7 Å². The van der Waals surface area contributed by atoms with Gasteiger partial charge in [-0.25, -0.2) is 0 Å². The van der Waals surface area contributed by atoms with Crippen molar-refractivity contribution in [3.63, 3.8) is 0 Å². The summed E-state index contributed by atoms with van der Waals surface area (Å²) in [6.45, 7) is 3.57. The molecule has 0 spiro atoms. The van der Waals surface area contributed by atoms with Gasteiger partial charge in [0.2, 0.25) is 0 Å². The fraction of sp³-hybridized carbons (Fsp3) is 0.400. The molecule has 0 bridgehead atoms. The lowest BCUT2D eigenvalue weighted by molar-refractivity contribution is 0.382. The second-order valence-corrected chi connectivity index (χ2v) is 6.06. The molecule has 0 aliphatic rings. The smallest absolute Gasteiger partial charge is 0.193 e. The van der Waals surface area contributed by atoms with Gasteiger partial charge in [0, 0.05) is 51.2 Å². The van der Waals surface area contributed by atoms with Crippen LogP contribution in [0.5, 0.6) is 11.5 Å². The van der Waals surface area contributed by atoms with Gasteiger partial charge >= 0.3 is 0 Å². The molecule has 0 saturated heterocycles. The Hall–Kier alpha value is -2.03. The highest BCUT2D eigenvalue weighted by molar-refractivity contribution is 14.0. The lowest BCUT2D eigenvalue weighted by Crippen LogP contribution is -2.39. The molecule has 0 fully saturated rings. The molecular weight excluding hydrogens is 455 g/mol. The highest BCUT2D eigenvalue weighted by Gasteiger charge is 2.11. The SMILES string of the molecule is CN=C(NCCc1ccncc1C)N(C)Cc1ccc(OC)cc1OC.I. The topological polar surface area (TPSA) is 59.0 Å². The van der Waals surface area contributed by atoms with Gasteiger partial charge in [-0.05, 0) is 42.7 Å². The number of hydrogen-bond donors (Lipinski definition) is 1. The van der Waals surface area contributed by atoms with Gasteiger partial charge in [-0.1, -0.05) is 0 Å². The van der Waals surface area contributed by atoms with Gasteiger partial charge in [0.15, 0.2) is 5.96 Å². The summed E-state index contributed by atoms with van der Waals surface area (Å²) in [5.74, 6) is 2.43. The number of aryl methyl sites for hydroxylation is 1. The Kier molecular flexibility index (Phi) is 9.92. The molecule has 6 nitrogen and oxygen atoms in total. The average molecular weight is 484 g/mol. The molecule has 27 heavy (non-hydrogen) atoms.